The number of aromatic nitrogens is 2. The van der Waals surface area contributed by atoms with E-state index < -0.39 is 5.97 Å². The number of carboxylic acid groups (broad SMARTS) is 1. The van der Waals surface area contributed by atoms with Crippen LogP contribution in [0.1, 0.15) is 34.1 Å². The minimum atomic E-state index is -0.954. The summed E-state index contributed by atoms with van der Waals surface area (Å²) < 4.78 is 3.53. The highest BCUT2D eigenvalue weighted by molar-refractivity contribution is 5.95. The van der Waals surface area contributed by atoms with Gasteiger partial charge < -0.3 is 5.11 Å². The lowest BCUT2D eigenvalue weighted by Gasteiger charge is -2.09. The van der Waals surface area contributed by atoms with Crippen molar-refractivity contribution >= 4 is 5.97 Å². The van der Waals surface area contributed by atoms with Gasteiger partial charge in [0.25, 0.3) is 0 Å². The van der Waals surface area contributed by atoms with Crippen molar-refractivity contribution in [1.82, 2.24) is 9.13 Å². The predicted octanol–water partition coefficient (Wildman–Crippen LogP) is 4.87. The van der Waals surface area contributed by atoms with Crippen LogP contribution in [0.5, 0.6) is 0 Å². The number of nitrogens with zero attached hydrogens (tertiary/aromatic N) is 2. The molecule has 0 spiro atoms. The van der Waals surface area contributed by atoms with Gasteiger partial charge in [-0.2, -0.15) is 0 Å². The van der Waals surface area contributed by atoms with Gasteiger partial charge in [0.15, 0.2) is 0 Å². The standard InChI is InChI=1S/C29H26N2O3/c1-2-3-11-25-21-30(19-18-22-9-5-4-6-10-22)29(34)31(25)20-23-14-16-24(17-15-23)26-12-7-8-13-27(26)28(32)33/h4-10,12-17,21H,11,18-20H2,1H3,(H,32,33). The third kappa shape index (κ3) is 5.19. The van der Waals surface area contributed by atoms with Crippen LogP contribution < -0.4 is 5.69 Å². The first-order valence-electron chi connectivity index (χ1n) is 11.2. The van der Waals surface area contributed by atoms with Crippen LogP contribution in [0.15, 0.2) is 89.9 Å². The Kier molecular flexibility index (Phi) is 7.10. The van der Waals surface area contributed by atoms with Gasteiger partial charge in [-0.1, -0.05) is 78.7 Å². The van der Waals surface area contributed by atoms with Gasteiger partial charge in [0.1, 0.15) is 0 Å². The zero-order valence-corrected chi connectivity index (χ0v) is 19.1. The predicted molar refractivity (Wildman–Crippen MR) is 134 cm³/mol. The Balaban J connectivity index is 1.59. The highest BCUT2D eigenvalue weighted by Gasteiger charge is 2.13. The highest BCUT2D eigenvalue weighted by Crippen LogP contribution is 2.24. The average Bonchev–Trinajstić information content (AvgIpc) is 3.16. The maximum absolute atomic E-state index is 13.2. The fourth-order valence-corrected chi connectivity index (χ4v) is 4.02. The van der Waals surface area contributed by atoms with Crippen LogP contribution in [0.25, 0.3) is 11.1 Å². The molecule has 0 fully saturated rings. The van der Waals surface area contributed by atoms with Gasteiger partial charge in [-0.25, -0.2) is 9.59 Å². The minimum Gasteiger partial charge on any atom is -0.478 e. The number of carboxylic acids is 1. The lowest BCUT2D eigenvalue weighted by atomic mass is 9.99. The van der Waals surface area contributed by atoms with Crippen LogP contribution in [0.3, 0.4) is 0 Å². The Bertz CT molecular complexity index is 1400. The van der Waals surface area contributed by atoms with Crippen LogP contribution in [0.4, 0.5) is 0 Å². The summed E-state index contributed by atoms with van der Waals surface area (Å²) in [6.45, 7) is 2.83. The molecular formula is C29H26N2O3. The van der Waals surface area contributed by atoms with E-state index in [0.29, 0.717) is 25.1 Å². The molecule has 3 aromatic carbocycles. The largest absolute Gasteiger partial charge is 0.478 e. The first kappa shape index (κ1) is 22.9. The Hall–Kier alpha value is -4.30. The maximum atomic E-state index is 13.2. The first-order valence-corrected chi connectivity index (χ1v) is 11.2. The second-order valence-electron chi connectivity index (χ2n) is 8.07. The van der Waals surface area contributed by atoms with E-state index in [4.69, 9.17) is 0 Å². The second kappa shape index (κ2) is 10.5. The topological polar surface area (TPSA) is 64.2 Å². The molecule has 170 valence electrons. The van der Waals surface area contributed by atoms with E-state index in [1.807, 2.05) is 54.7 Å². The van der Waals surface area contributed by atoms with Crippen molar-refractivity contribution < 1.29 is 9.90 Å². The summed E-state index contributed by atoms with van der Waals surface area (Å²) >= 11 is 0. The lowest BCUT2D eigenvalue weighted by molar-refractivity contribution is 0.0697. The molecule has 5 nitrogen and oxygen atoms in total. The number of aryl methyl sites for hydroxylation is 2. The monoisotopic (exact) mass is 450 g/mol. The van der Waals surface area contributed by atoms with Crippen molar-refractivity contribution in [1.29, 1.82) is 0 Å². The third-order valence-corrected chi connectivity index (χ3v) is 5.82. The van der Waals surface area contributed by atoms with Gasteiger partial charge >= 0.3 is 11.7 Å². The molecule has 0 unspecified atom stereocenters. The van der Waals surface area contributed by atoms with E-state index >= 15 is 0 Å². The van der Waals surface area contributed by atoms with Gasteiger partial charge in [-0.15, -0.1) is 5.92 Å². The maximum Gasteiger partial charge on any atom is 0.336 e. The van der Waals surface area contributed by atoms with Crippen molar-refractivity contribution in [3.05, 3.63) is 118 Å². The van der Waals surface area contributed by atoms with Crippen molar-refractivity contribution in [3.8, 4) is 23.0 Å². The summed E-state index contributed by atoms with van der Waals surface area (Å²) in [6, 6.07) is 24.8. The molecule has 5 heteroatoms. The molecule has 0 bridgehead atoms. The smallest absolute Gasteiger partial charge is 0.336 e. The Morgan fingerprint density at radius 2 is 1.62 bits per heavy atom. The molecule has 1 heterocycles. The summed E-state index contributed by atoms with van der Waals surface area (Å²) in [7, 11) is 0. The number of benzene rings is 3. The van der Waals surface area contributed by atoms with E-state index in [1.54, 1.807) is 34.3 Å². The second-order valence-corrected chi connectivity index (χ2v) is 8.07. The van der Waals surface area contributed by atoms with Gasteiger partial charge in [-0.05, 0) is 41.7 Å². The number of imidazole rings is 1. The van der Waals surface area contributed by atoms with Gasteiger partial charge in [0, 0.05) is 12.7 Å². The quantitative estimate of drug-likeness (QED) is 0.390. The van der Waals surface area contributed by atoms with E-state index in [0.717, 1.165) is 23.2 Å². The van der Waals surface area contributed by atoms with E-state index in [-0.39, 0.29) is 11.3 Å². The normalized spacial score (nSPS) is 10.5. The van der Waals surface area contributed by atoms with Crippen molar-refractivity contribution in [3.63, 3.8) is 0 Å². The number of carbonyl (C=O) groups is 1. The summed E-state index contributed by atoms with van der Waals surface area (Å²) in [5, 5.41) is 9.48. The fraction of sp³-hybridized carbons (Fsp3) is 0.172. The number of rotatable bonds is 8. The number of hydrogen-bond donors (Lipinski definition) is 1. The SMILES string of the molecule is CC#CCc1cn(CCc2ccccc2)c(=O)n1Cc1ccc(-c2ccccc2C(=O)O)cc1. The summed E-state index contributed by atoms with van der Waals surface area (Å²) in [4.78, 5) is 24.8. The average molecular weight is 451 g/mol. The molecule has 1 N–H and O–H groups in total. The van der Waals surface area contributed by atoms with Gasteiger partial charge in [0.05, 0.1) is 24.2 Å². The molecule has 4 rings (SSSR count). The molecule has 0 saturated carbocycles. The summed E-state index contributed by atoms with van der Waals surface area (Å²) in [5.74, 6) is 5.03. The van der Waals surface area contributed by atoms with E-state index in [2.05, 4.69) is 24.0 Å². The minimum absolute atomic E-state index is 0.0517. The van der Waals surface area contributed by atoms with E-state index in [9.17, 15) is 14.7 Å². The van der Waals surface area contributed by atoms with Crippen LogP contribution in [-0.2, 0) is 25.9 Å². The molecule has 0 amide bonds. The molecule has 34 heavy (non-hydrogen) atoms. The van der Waals surface area contributed by atoms with Crippen molar-refractivity contribution in [2.45, 2.75) is 32.9 Å². The van der Waals surface area contributed by atoms with Gasteiger partial charge in [0.2, 0.25) is 0 Å². The zero-order valence-electron chi connectivity index (χ0n) is 19.1. The van der Waals surface area contributed by atoms with E-state index in [1.165, 1.54) is 5.56 Å². The highest BCUT2D eigenvalue weighted by atomic mass is 16.4. The van der Waals surface area contributed by atoms with Gasteiger partial charge in [-0.3, -0.25) is 9.13 Å². The molecular weight excluding hydrogens is 424 g/mol. The molecule has 0 aliphatic heterocycles. The summed E-state index contributed by atoms with van der Waals surface area (Å²) in [5.41, 5.74) is 4.75. The lowest BCUT2D eigenvalue weighted by Crippen LogP contribution is -2.26. The molecule has 1 aromatic heterocycles. The fourth-order valence-electron chi connectivity index (χ4n) is 4.02. The third-order valence-electron chi connectivity index (χ3n) is 5.82. The Morgan fingerprint density at radius 3 is 2.32 bits per heavy atom. The van der Waals surface area contributed by atoms with Crippen molar-refractivity contribution in [2.75, 3.05) is 0 Å². The van der Waals surface area contributed by atoms with Crippen LogP contribution in [-0.4, -0.2) is 20.2 Å². The number of hydrogen-bond acceptors (Lipinski definition) is 2. The molecule has 0 saturated heterocycles. The van der Waals surface area contributed by atoms with Crippen LogP contribution >= 0.6 is 0 Å². The van der Waals surface area contributed by atoms with Crippen LogP contribution in [0.2, 0.25) is 0 Å². The Morgan fingerprint density at radius 1 is 0.912 bits per heavy atom. The molecule has 4 aromatic rings. The number of aromatic carboxylic acids is 1. The molecule has 0 aliphatic rings. The molecule has 0 radical (unpaired) electrons. The zero-order chi connectivity index (χ0) is 23.9. The van der Waals surface area contributed by atoms with Crippen molar-refractivity contribution in [2.24, 2.45) is 0 Å². The Labute approximate surface area is 198 Å². The molecule has 0 aliphatic carbocycles. The molecule has 0 atom stereocenters. The summed E-state index contributed by atoms with van der Waals surface area (Å²) in [6.07, 6.45) is 3.20. The van der Waals surface area contributed by atoms with Crippen LogP contribution in [0, 0.1) is 11.8 Å². The first-order chi connectivity index (χ1) is 16.6.